The Morgan fingerprint density at radius 1 is 1.12 bits per heavy atom. The third-order valence-corrected chi connectivity index (χ3v) is 5.27. The molecule has 6 nitrogen and oxygen atoms in total. The van der Waals surface area contributed by atoms with Crippen LogP contribution < -0.4 is 4.90 Å². The van der Waals surface area contributed by atoms with Crippen LogP contribution in [0, 0.1) is 17.7 Å². The number of piperidine rings is 1. The molecule has 2 fully saturated rings. The molecule has 1 aromatic carbocycles. The quantitative estimate of drug-likeness (QED) is 0.879. The zero-order chi connectivity index (χ0) is 18.7. The molecule has 2 aliphatic rings. The lowest BCUT2D eigenvalue weighted by molar-refractivity contribution is -0.145. The molecule has 0 bridgehead atoms. The lowest BCUT2D eigenvalue weighted by Gasteiger charge is -2.38. The van der Waals surface area contributed by atoms with Gasteiger partial charge < -0.3 is 14.9 Å². The van der Waals surface area contributed by atoms with Gasteiger partial charge in [0.05, 0.1) is 12.5 Å². The second kappa shape index (κ2) is 8.03. The Balaban J connectivity index is 1.50. The Kier molecular flexibility index (Phi) is 5.76. The van der Waals surface area contributed by atoms with E-state index >= 15 is 0 Å². The van der Waals surface area contributed by atoms with Gasteiger partial charge in [-0.05, 0) is 36.6 Å². The molecular weight excluding hydrogens is 337 g/mol. The van der Waals surface area contributed by atoms with Crippen LogP contribution in [0.3, 0.4) is 0 Å². The van der Waals surface area contributed by atoms with Crippen molar-refractivity contribution in [3.63, 3.8) is 0 Å². The number of aliphatic carboxylic acids is 1. The highest BCUT2D eigenvalue weighted by Crippen LogP contribution is 2.22. The third-order valence-electron chi connectivity index (χ3n) is 5.27. The minimum absolute atomic E-state index is 0.0574. The van der Waals surface area contributed by atoms with Crippen molar-refractivity contribution in [2.24, 2.45) is 11.8 Å². The van der Waals surface area contributed by atoms with Gasteiger partial charge in [0.15, 0.2) is 0 Å². The number of anilines is 1. The van der Waals surface area contributed by atoms with Gasteiger partial charge in [-0.1, -0.05) is 6.92 Å². The van der Waals surface area contributed by atoms with Crippen molar-refractivity contribution < 1.29 is 19.1 Å². The summed E-state index contributed by atoms with van der Waals surface area (Å²) >= 11 is 0. The van der Waals surface area contributed by atoms with Crippen LogP contribution >= 0.6 is 0 Å². The lowest BCUT2D eigenvalue weighted by atomic mass is 9.90. The molecule has 1 amide bonds. The van der Waals surface area contributed by atoms with Crippen LogP contribution in [0.1, 0.15) is 13.3 Å². The van der Waals surface area contributed by atoms with Crippen molar-refractivity contribution >= 4 is 17.6 Å². The van der Waals surface area contributed by atoms with Gasteiger partial charge in [0, 0.05) is 45.0 Å². The highest BCUT2D eigenvalue weighted by Gasteiger charge is 2.31. The summed E-state index contributed by atoms with van der Waals surface area (Å²) in [6, 6.07) is 6.41. The summed E-state index contributed by atoms with van der Waals surface area (Å²) in [7, 11) is 0. The molecule has 2 heterocycles. The molecule has 2 atom stereocenters. The van der Waals surface area contributed by atoms with Gasteiger partial charge in [0.25, 0.3) is 0 Å². The number of carbonyl (C=O) groups is 2. The van der Waals surface area contributed by atoms with Gasteiger partial charge in [-0.2, -0.15) is 0 Å². The average Bonchev–Trinajstić information content (AvgIpc) is 2.62. The lowest BCUT2D eigenvalue weighted by Crippen LogP contribution is -2.53. The fourth-order valence-corrected chi connectivity index (χ4v) is 3.93. The van der Waals surface area contributed by atoms with Gasteiger partial charge in [-0.3, -0.25) is 14.5 Å². The van der Waals surface area contributed by atoms with E-state index in [0.29, 0.717) is 39.1 Å². The monoisotopic (exact) mass is 363 g/mol. The second-order valence-corrected chi connectivity index (χ2v) is 7.41. The molecule has 7 heteroatoms. The van der Waals surface area contributed by atoms with E-state index in [1.165, 1.54) is 12.1 Å². The molecule has 0 aliphatic carbocycles. The van der Waals surface area contributed by atoms with Crippen LogP contribution in [0.5, 0.6) is 0 Å². The van der Waals surface area contributed by atoms with E-state index in [1.54, 1.807) is 12.1 Å². The largest absolute Gasteiger partial charge is 0.481 e. The Morgan fingerprint density at radius 2 is 1.77 bits per heavy atom. The maximum atomic E-state index is 13.0. The molecule has 0 aromatic heterocycles. The molecule has 2 unspecified atom stereocenters. The van der Waals surface area contributed by atoms with Crippen LogP contribution in [0.15, 0.2) is 24.3 Å². The van der Waals surface area contributed by atoms with Crippen molar-refractivity contribution in [3.05, 3.63) is 30.1 Å². The van der Waals surface area contributed by atoms with E-state index in [-0.39, 0.29) is 30.1 Å². The summed E-state index contributed by atoms with van der Waals surface area (Å²) in [6.45, 7) is 6.21. The van der Waals surface area contributed by atoms with Crippen molar-refractivity contribution in [2.45, 2.75) is 13.3 Å². The van der Waals surface area contributed by atoms with E-state index < -0.39 is 5.97 Å². The van der Waals surface area contributed by atoms with Gasteiger partial charge in [-0.15, -0.1) is 0 Å². The molecule has 1 aromatic rings. The molecule has 0 saturated carbocycles. The molecule has 2 saturated heterocycles. The molecule has 0 radical (unpaired) electrons. The van der Waals surface area contributed by atoms with Crippen LogP contribution in [0.4, 0.5) is 10.1 Å². The first-order valence-corrected chi connectivity index (χ1v) is 9.16. The Morgan fingerprint density at radius 3 is 2.38 bits per heavy atom. The molecule has 3 rings (SSSR count). The molecule has 1 N–H and O–H groups in total. The van der Waals surface area contributed by atoms with Crippen molar-refractivity contribution in [1.82, 2.24) is 9.80 Å². The number of nitrogens with zero attached hydrogens (tertiary/aromatic N) is 3. The number of hydrogen-bond acceptors (Lipinski definition) is 4. The van der Waals surface area contributed by atoms with Gasteiger partial charge >= 0.3 is 5.97 Å². The number of likely N-dealkylation sites (tertiary alicyclic amines) is 1. The Hall–Kier alpha value is -2.15. The maximum absolute atomic E-state index is 13.0. The normalized spacial score (nSPS) is 24.5. The highest BCUT2D eigenvalue weighted by molar-refractivity contribution is 5.79. The summed E-state index contributed by atoms with van der Waals surface area (Å²) in [5, 5.41) is 9.26. The van der Waals surface area contributed by atoms with Gasteiger partial charge in [0.1, 0.15) is 5.82 Å². The number of benzene rings is 1. The SMILES string of the molecule is CC1CC(C(=O)O)CN(CC(=O)N2CCN(c3ccc(F)cc3)CC2)C1. The molecular formula is C19H26FN3O3. The molecule has 0 spiro atoms. The predicted molar refractivity (Wildman–Crippen MR) is 96.5 cm³/mol. The number of carbonyl (C=O) groups excluding carboxylic acids is 1. The van der Waals surface area contributed by atoms with Crippen LogP contribution in [0.25, 0.3) is 0 Å². The smallest absolute Gasteiger partial charge is 0.307 e. The zero-order valence-electron chi connectivity index (χ0n) is 15.1. The number of amides is 1. The maximum Gasteiger partial charge on any atom is 0.307 e. The summed E-state index contributed by atoms with van der Waals surface area (Å²) in [5.41, 5.74) is 0.965. The number of carboxylic acids is 1. The van der Waals surface area contributed by atoms with Gasteiger partial charge in [-0.25, -0.2) is 4.39 Å². The standard InChI is InChI=1S/C19H26FN3O3/c1-14-10-15(19(25)26)12-21(11-14)13-18(24)23-8-6-22(7-9-23)17-4-2-16(20)3-5-17/h2-5,14-15H,6-13H2,1H3,(H,25,26). The van der Waals surface area contributed by atoms with Crippen LogP contribution in [-0.2, 0) is 9.59 Å². The first kappa shape index (κ1) is 18.6. The van der Waals surface area contributed by atoms with E-state index in [4.69, 9.17) is 0 Å². The first-order valence-electron chi connectivity index (χ1n) is 9.16. The van der Waals surface area contributed by atoms with Gasteiger partial charge in [0.2, 0.25) is 5.91 Å². The topological polar surface area (TPSA) is 64.1 Å². The summed E-state index contributed by atoms with van der Waals surface area (Å²) < 4.78 is 13.0. The number of rotatable bonds is 4. The number of piperazine rings is 1. The Bertz CT molecular complexity index is 644. The van der Waals surface area contributed by atoms with E-state index in [2.05, 4.69) is 4.90 Å². The number of hydrogen-bond donors (Lipinski definition) is 1. The van der Waals surface area contributed by atoms with E-state index in [0.717, 1.165) is 12.2 Å². The minimum Gasteiger partial charge on any atom is -0.481 e. The van der Waals surface area contributed by atoms with E-state index in [9.17, 15) is 19.1 Å². The summed E-state index contributed by atoms with van der Waals surface area (Å²) in [4.78, 5) is 29.8. The second-order valence-electron chi connectivity index (χ2n) is 7.41. The van der Waals surface area contributed by atoms with Crippen LogP contribution in [-0.4, -0.2) is 72.6 Å². The minimum atomic E-state index is -0.776. The van der Waals surface area contributed by atoms with Crippen molar-refractivity contribution in [3.8, 4) is 0 Å². The number of halogens is 1. The Labute approximate surface area is 153 Å². The fourth-order valence-electron chi connectivity index (χ4n) is 3.93. The third kappa shape index (κ3) is 4.52. The number of carboxylic acid groups (broad SMARTS) is 1. The van der Waals surface area contributed by atoms with Crippen LogP contribution in [0.2, 0.25) is 0 Å². The fraction of sp³-hybridized carbons (Fsp3) is 0.579. The summed E-state index contributed by atoms with van der Waals surface area (Å²) in [5.74, 6) is -1.07. The molecule has 26 heavy (non-hydrogen) atoms. The summed E-state index contributed by atoms with van der Waals surface area (Å²) in [6.07, 6.45) is 0.677. The van der Waals surface area contributed by atoms with Crippen molar-refractivity contribution in [1.29, 1.82) is 0 Å². The predicted octanol–water partition coefficient (Wildman–Crippen LogP) is 1.52. The first-order chi connectivity index (χ1) is 12.4. The van der Waals surface area contributed by atoms with Crippen molar-refractivity contribution in [2.75, 3.05) is 50.7 Å². The molecule has 2 aliphatic heterocycles. The zero-order valence-corrected chi connectivity index (χ0v) is 15.1. The average molecular weight is 363 g/mol. The highest BCUT2D eigenvalue weighted by atomic mass is 19.1. The van der Waals surface area contributed by atoms with E-state index in [1.807, 2.05) is 16.7 Å². The molecule has 142 valence electrons.